The van der Waals surface area contributed by atoms with Crippen molar-refractivity contribution in [3.05, 3.63) is 84.9 Å². The van der Waals surface area contributed by atoms with Gasteiger partial charge in [0.2, 0.25) is 0 Å². The lowest BCUT2D eigenvalue weighted by Crippen LogP contribution is -2.14. The van der Waals surface area contributed by atoms with Gasteiger partial charge in [-0.05, 0) is 33.7 Å². The highest BCUT2D eigenvalue weighted by Crippen LogP contribution is 2.48. The highest BCUT2D eigenvalue weighted by Gasteiger charge is 2.30. The fourth-order valence-electron chi connectivity index (χ4n) is 3.05. The first kappa shape index (κ1) is 14.2. The molecule has 0 aliphatic heterocycles. The number of rotatable bonds is 2. The lowest BCUT2D eigenvalue weighted by molar-refractivity contribution is 0.558. The van der Waals surface area contributed by atoms with E-state index in [0.717, 1.165) is 10.8 Å². The molecule has 112 valence electrons. The molecule has 1 nitrogen and oxygen atoms in total. The molecule has 0 aliphatic rings. The molecule has 0 unspecified atom stereocenters. The van der Waals surface area contributed by atoms with Gasteiger partial charge in [0.1, 0.15) is 0 Å². The summed E-state index contributed by atoms with van der Waals surface area (Å²) in [5.41, 5.74) is 0. The van der Waals surface area contributed by atoms with Crippen molar-refractivity contribution in [3.63, 3.8) is 0 Å². The van der Waals surface area contributed by atoms with Crippen LogP contribution >= 0.6 is 7.45 Å². The van der Waals surface area contributed by atoms with Gasteiger partial charge in [0, 0.05) is 0 Å². The predicted octanol–water partition coefficient (Wildman–Crippen LogP) is 5.19. The second-order valence-electron chi connectivity index (χ2n) is 5.53. The summed E-state index contributed by atoms with van der Waals surface area (Å²) in [4.78, 5) is 0. The summed E-state index contributed by atoms with van der Waals surface area (Å²) in [6.07, 6.45) is 0. The van der Waals surface area contributed by atoms with Crippen molar-refractivity contribution in [1.29, 1.82) is 0 Å². The molecule has 0 saturated heterocycles. The van der Waals surface area contributed by atoms with E-state index in [0.29, 0.717) is 10.8 Å². The molecular weight excluding hydrogens is 306 g/mol. The monoisotopic (exact) mass is 320 g/mol. The Labute approximate surface area is 133 Å². The zero-order valence-electron chi connectivity index (χ0n) is 12.3. The molecule has 0 bridgehead atoms. The van der Waals surface area contributed by atoms with Crippen molar-refractivity contribution in [1.82, 2.24) is 0 Å². The van der Waals surface area contributed by atoms with E-state index in [-0.39, 0.29) is 10.6 Å². The van der Waals surface area contributed by atoms with Crippen molar-refractivity contribution in [2.24, 2.45) is 0 Å². The van der Waals surface area contributed by atoms with Gasteiger partial charge in [0.05, 0.1) is 10.6 Å². The van der Waals surface area contributed by atoms with Gasteiger partial charge in [-0.25, -0.2) is 0 Å². The van der Waals surface area contributed by atoms with Crippen LogP contribution in [0.3, 0.4) is 0 Å². The number of hydrogen-bond acceptors (Lipinski definition) is 1. The third-order valence-electron chi connectivity index (χ3n) is 4.15. The Morgan fingerprint density at radius 1 is 0.565 bits per heavy atom. The average Bonchev–Trinajstić information content (AvgIpc) is 2.60. The van der Waals surface area contributed by atoms with E-state index in [1.54, 1.807) is 24.3 Å². The molecule has 0 atom stereocenters. The molecule has 0 amide bonds. The highest BCUT2D eigenvalue weighted by molar-refractivity contribution is 7.74. The summed E-state index contributed by atoms with van der Waals surface area (Å²) in [5, 5.41) is 3.73. The van der Waals surface area contributed by atoms with Gasteiger partial charge in [0.15, 0.2) is 0 Å². The van der Waals surface area contributed by atoms with E-state index >= 15 is 4.20 Å². The van der Waals surface area contributed by atoms with E-state index in [9.17, 15) is 4.57 Å². The van der Waals surface area contributed by atoms with Crippen LogP contribution in [-0.4, -0.2) is 0 Å². The molecule has 0 N–H and O–H groups in total. The summed E-state index contributed by atoms with van der Waals surface area (Å²) >= 11 is 0. The Balaban J connectivity index is 2.04. The van der Waals surface area contributed by atoms with Gasteiger partial charge in [0.25, 0.3) is 0 Å². The van der Waals surface area contributed by atoms with E-state index in [1.165, 1.54) is 0 Å². The molecular formula is C20H14FOP. The Kier molecular flexibility index (Phi) is 3.28. The summed E-state index contributed by atoms with van der Waals surface area (Å²) < 4.78 is 28.7. The maximum atomic E-state index is 15.6. The van der Waals surface area contributed by atoms with Crippen molar-refractivity contribution in [2.45, 2.75) is 0 Å². The number of fused-ring (bicyclic) bond motifs is 2. The molecule has 4 aromatic rings. The van der Waals surface area contributed by atoms with Crippen LogP contribution in [0.4, 0.5) is 4.20 Å². The van der Waals surface area contributed by atoms with Crippen LogP contribution in [0.5, 0.6) is 0 Å². The predicted molar refractivity (Wildman–Crippen MR) is 95.9 cm³/mol. The van der Waals surface area contributed by atoms with E-state index < -0.39 is 7.45 Å². The van der Waals surface area contributed by atoms with Crippen molar-refractivity contribution in [3.8, 4) is 0 Å². The smallest absolute Gasteiger partial charge is 0.277 e. The highest BCUT2D eigenvalue weighted by atomic mass is 31.2. The topological polar surface area (TPSA) is 17.1 Å². The van der Waals surface area contributed by atoms with Gasteiger partial charge < -0.3 is 0 Å². The van der Waals surface area contributed by atoms with Gasteiger partial charge in [-0.2, -0.15) is 4.20 Å². The van der Waals surface area contributed by atoms with Gasteiger partial charge in [-0.3, -0.25) is 4.57 Å². The zero-order valence-corrected chi connectivity index (χ0v) is 13.2. The minimum atomic E-state index is -4.19. The van der Waals surface area contributed by atoms with Crippen LogP contribution in [-0.2, 0) is 4.57 Å². The molecule has 0 saturated carbocycles. The second kappa shape index (κ2) is 5.33. The van der Waals surface area contributed by atoms with Crippen LogP contribution < -0.4 is 10.6 Å². The Hall–Kier alpha value is -2.44. The maximum Gasteiger partial charge on any atom is 0.301 e. The minimum absolute atomic E-state index is 0.270. The zero-order chi connectivity index (χ0) is 15.9. The lowest BCUT2D eigenvalue weighted by atomic mass is 10.1. The fourth-order valence-corrected chi connectivity index (χ4v) is 4.89. The molecule has 0 spiro atoms. The Morgan fingerprint density at radius 3 is 1.43 bits per heavy atom. The Morgan fingerprint density at radius 2 is 0.957 bits per heavy atom. The number of benzene rings is 4. The average molecular weight is 320 g/mol. The van der Waals surface area contributed by atoms with Crippen molar-refractivity contribution < 1.29 is 8.76 Å². The van der Waals surface area contributed by atoms with Gasteiger partial charge >= 0.3 is 7.45 Å². The standard InChI is InChI=1S/C20H14FOP/c21-23(22,19-13-5-9-15-7-1-3-11-17(15)19)20-14-6-10-16-8-2-4-12-18(16)20/h1-14H. The molecule has 3 heteroatoms. The minimum Gasteiger partial charge on any atom is -0.277 e. The summed E-state index contributed by atoms with van der Waals surface area (Å²) in [6, 6.07) is 25.5. The Bertz CT molecular complexity index is 977. The molecule has 0 fully saturated rings. The fraction of sp³-hybridized carbons (Fsp3) is 0. The summed E-state index contributed by atoms with van der Waals surface area (Å²) in [5.74, 6) is 0. The van der Waals surface area contributed by atoms with Crippen LogP contribution in [0.25, 0.3) is 21.5 Å². The van der Waals surface area contributed by atoms with Crippen LogP contribution in [0, 0.1) is 0 Å². The van der Waals surface area contributed by atoms with Crippen molar-refractivity contribution >= 4 is 39.6 Å². The summed E-state index contributed by atoms with van der Waals surface area (Å²) in [7, 11) is -4.19. The quantitative estimate of drug-likeness (QED) is 0.464. The lowest BCUT2D eigenvalue weighted by Gasteiger charge is -2.14. The molecule has 4 aromatic carbocycles. The number of halogens is 1. The SMILES string of the molecule is O=P(F)(c1cccc2ccccc12)c1cccc2ccccc12. The van der Waals surface area contributed by atoms with Crippen LogP contribution in [0.2, 0.25) is 0 Å². The molecule has 4 rings (SSSR count). The first-order valence-corrected chi connectivity index (χ1v) is 9.04. The largest absolute Gasteiger partial charge is 0.301 e. The van der Waals surface area contributed by atoms with E-state index in [4.69, 9.17) is 0 Å². The third kappa shape index (κ3) is 2.27. The maximum absolute atomic E-state index is 15.6. The number of hydrogen-bond donors (Lipinski definition) is 0. The summed E-state index contributed by atoms with van der Waals surface area (Å²) in [6.45, 7) is 0. The molecule has 0 radical (unpaired) electrons. The van der Waals surface area contributed by atoms with E-state index in [2.05, 4.69) is 0 Å². The second-order valence-corrected chi connectivity index (χ2v) is 7.56. The van der Waals surface area contributed by atoms with Crippen LogP contribution in [0.1, 0.15) is 0 Å². The van der Waals surface area contributed by atoms with Crippen LogP contribution in [0.15, 0.2) is 84.9 Å². The normalized spacial score (nSPS) is 11.9. The molecule has 0 heterocycles. The van der Waals surface area contributed by atoms with Gasteiger partial charge in [-0.1, -0.05) is 72.8 Å². The van der Waals surface area contributed by atoms with E-state index in [1.807, 2.05) is 60.7 Å². The molecule has 23 heavy (non-hydrogen) atoms. The first-order chi connectivity index (χ1) is 11.2. The molecule has 0 aromatic heterocycles. The first-order valence-electron chi connectivity index (χ1n) is 7.44. The molecule has 0 aliphatic carbocycles. The van der Waals surface area contributed by atoms with Gasteiger partial charge in [-0.15, -0.1) is 0 Å². The third-order valence-corrected chi connectivity index (χ3v) is 6.17. The van der Waals surface area contributed by atoms with Crippen molar-refractivity contribution in [2.75, 3.05) is 0 Å².